The van der Waals surface area contributed by atoms with Crippen LogP contribution >= 0.6 is 23.1 Å². The number of aromatic nitrogens is 2. The second kappa shape index (κ2) is 8.25. The summed E-state index contributed by atoms with van der Waals surface area (Å²) in [6.07, 6.45) is 0. The molecule has 8 heteroatoms. The Morgan fingerprint density at radius 1 is 1.12 bits per heavy atom. The third-order valence-electron chi connectivity index (χ3n) is 3.02. The van der Waals surface area contributed by atoms with Gasteiger partial charge in [-0.1, -0.05) is 23.1 Å². The van der Waals surface area contributed by atoms with E-state index in [2.05, 4.69) is 20.8 Å². The molecule has 0 aliphatic carbocycles. The fraction of sp³-hybridized carbons (Fsp3) is 0.375. The van der Waals surface area contributed by atoms with E-state index in [-0.39, 0.29) is 23.0 Å². The maximum Gasteiger partial charge on any atom is 0.237 e. The van der Waals surface area contributed by atoms with E-state index in [0.29, 0.717) is 11.3 Å². The Morgan fingerprint density at radius 3 is 2.38 bits per heavy atom. The molecule has 128 valence electrons. The molecule has 0 bridgehead atoms. The van der Waals surface area contributed by atoms with Crippen molar-refractivity contribution in [1.29, 1.82) is 0 Å². The maximum atomic E-state index is 12.3. The molecule has 0 saturated heterocycles. The first-order valence-electron chi connectivity index (χ1n) is 7.53. The summed E-state index contributed by atoms with van der Waals surface area (Å²) in [4.78, 5) is 23.5. The molecule has 0 spiro atoms. The van der Waals surface area contributed by atoms with Crippen molar-refractivity contribution >= 4 is 45.6 Å². The van der Waals surface area contributed by atoms with Crippen LogP contribution in [0.1, 0.15) is 38.1 Å². The number of thioether (sulfide) groups is 1. The van der Waals surface area contributed by atoms with Crippen molar-refractivity contribution in [3.05, 3.63) is 29.8 Å². The number of hydrogen-bond acceptors (Lipinski definition) is 7. The van der Waals surface area contributed by atoms with Crippen LogP contribution in [0.5, 0.6) is 0 Å². The summed E-state index contributed by atoms with van der Waals surface area (Å²) in [6, 6.07) is 7.13. The zero-order valence-corrected chi connectivity index (χ0v) is 15.6. The van der Waals surface area contributed by atoms with Crippen LogP contribution in [0.15, 0.2) is 28.6 Å². The van der Waals surface area contributed by atoms with Crippen LogP contribution in [0.25, 0.3) is 0 Å². The highest BCUT2D eigenvalue weighted by Gasteiger charge is 2.17. The summed E-state index contributed by atoms with van der Waals surface area (Å²) >= 11 is 2.80. The highest BCUT2D eigenvalue weighted by atomic mass is 32.2. The van der Waals surface area contributed by atoms with Gasteiger partial charge in [-0.2, -0.15) is 0 Å². The van der Waals surface area contributed by atoms with Crippen molar-refractivity contribution in [2.75, 3.05) is 10.6 Å². The molecule has 2 rings (SSSR count). The van der Waals surface area contributed by atoms with Crippen molar-refractivity contribution in [2.24, 2.45) is 0 Å². The highest BCUT2D eigenvalue weighted by molar-refractivity contribution is 8.02. The molecule has 0 aliphatic heterocycles. The Labute approximate surface area is 149 Å². The average molecular weight is 364 g/mol. The summed E-state index contributed by atoms with van der Waals surface area (Å²) in [6.45, 7) is 7.39. The predicted octanol–water partition coefficient (Wildman–Crippen LogP) is 3.68. The van der Waals surface area contributed by atoms with Crippen LogP contribution in [0, 0.1) is 0 Å². The molecule has 2 aromatic rings. The Morgan fingerprint density at radius 2 is 1.79 bits per heavy atom. The molecular formula is C16H20N4O2S2. The highest BCUT2D eigenvalue weighted by Crippen LogP contribution is 2.29. The molecule has 1 amide bonds. The number of rotatable bonds is 7. The van der Waals surface area contributed by atoms with E-state index < -0.39 is 0 Å². The van der Waals surface area contributed by atoms with Gasteiger partial charge in [-0.3, -0.25) is 9.59 Å². The smallest absolute Gasteiger partial charge is 0.237 e. The number of ketones is 1. The summed E-state index contributed by atoms with van der Waals surface area (Å²) in [5, 5.41) is 14.6. The first kappa shape index (κ1) is 18.4. The molecule has 1 aromatic carbocycles. The standard InChI is InChI=1S/C16H20N4O2S2/c1-9(2)17-15-19-20-16(24-15)23-11(4)14(22)18-13-7-5-12(6-8-13)10(3)21/h5-9,11H,1-4H3,(H,17,19)(H,18,22)/t11-/m1/s1. The summed E-state index contributed by atoms with van der Waals surface area (Å²) in [7, 11) is 0. The van der Waals surface area contributed by atoms with Gasteiger partial charge < -0.3 is 10.6 Å². The number of nitrogens with one attached hydrogen (secondary N) is 2. The van der Waals surface area contributed by atoms with Crippen LogP contribution in [-0.4, -0.2) is 33.2 Å². The van der Waals surface area contributed by atoms with Gasteiger partial charge in [-0.15, -0.1) is 10.2 Å². The predicted molar refractivity (Wildman–Crippen MR) is 99.1 cm³/mol. The van der Waals surface area contributed by atoms with Gasteiger partial charge >= 0.3 is 0 Å². The van der Waals surface area contributed by atoms with Crippen LogP contribution in [-0.2, 0) is 4.79 Å². The Hall–Kier alpha value is -1.93. The van der Waals surface area contributed by atoms with Gasteiger partial charge in [0.15, 0.2) is 10.1 Å². The minimum atomic E-state index is -0.308. The molecule has 1 heterocycles. The van der Waals surface area contributed by atoms with Crippen LogP contribution in [0.3, 0.4) is 0 Å². The van der Waals surface area contributed by atoms with Crippen molar-refractivity contribution in [1.82, 2.24) is 10.2 Å². The minimum absolute atomic E-state index is 0.00104. The number of nitrogens with zero attached hydrogens (tertiary/aromatic N) is 2. The second-order valence-electron chi connectivity index (χ2n) is 5.56. The van der Waals surface area contributed by atoms with Gasteiger partial charge in [-0.05, 0) is 52.0 Å². The van der Waals surface area contributed by atoms with Crippen molar-refractivity contribution in [3.63, 3.8) is 0 Å². The van der Waals surface area contributed by atoms with Crippen LogP contribution in [0.4, 0.5) is 10.8 Å². The summed E-state index contributed by atoms with van der Waals surface area (Å²) in [5.41, 5.74) is 1.28. The van der Waals surface area contributed by atoms with E-state index in [0.717, 1.165) is 9.47 Å². The van der Waals surface area contributed by atoms with Crippen LogP contribution in [0.2, 0.25) is 0 Å². The minimum Gasteiger partial charge on any atom is -0.358 e. The molecular weight excluding hydrogens is 344 g/mol. The zero-order chi connectivity index (χ0) is 17.7. The number of amides is 1. The summed E-state index contributed by atoms with van der Waals surface area (Å²) < 4.78 is 0.743. The normalized spacial score (nSPS) is 12.0. The Bertz CT molecular complexity index is 713. The van der Waals surface area contributed by atoms with Gasteiger partial charge in [0, 0.05) is 17.3 Å². The second-order valence-corrected chi connectivity index (χ2v) is 8.12. The Balaban J connectivity index is 1.92. The molecule has 0 saturated carbocycles. The zero-order valence-electron chi connectivity index (χ0n) is 14.0. The SMILES string of the molecule is CC(=O)c1ccc(NC(=O)[C@@H](C)Sc2nnc(NC(C)C)s2)cc1. The van der Waals surface area contributed by atoms with Crippen LogP contribution < -0.4 is 10.6 Å². The van der Waals surface area contributed by atoms with Crippen molar-refractivity contribution < 1.29 is 9.59 Å². The first-order chi connectivity index (χ1) is 11.3. The van der Waals surface area contributed by atoms with Crippen molar-refractivity contribution in [2.45, 2.75) is 43.3 Å². The molecule has 0 aliphatic rings. The summed E-state index contributed by atoms with van der Waals surface area (Å²) in [5.74, 6) is -0.122. The lowest BCUT2D eigenvalue weighted by atomic mass is 10.1. The number of benzene rings is 1. The lowest BCUT2D eigenvalue weighted by Gasteiger charge is -2.10. The van der Waals surface area contributed by atoms with Gasteiger partial charge in [0.2, 0.25) is 11.0 Å². The van der Waals surface area contributed by atoms with Gasteiger partial charge in [0.1, 0.15) is 0 Å². The van der Waals surface area contributed by atoms with E-state index in [1.807, 2.05) is 20.8 Å². The number of Topliss-reactive ketones (excluding diaryl/α,β-unsaturated/α-hetero) is 1. The lowest BCUT2D eigenvalue weighted by molar-refractivity contribution is -0.115. The molecule has 2 N–H and O–H groups in total. The number of carbonyl (C=O) groups excluding carboxylic acids is 2. The van der Waals surface area contributed by atoms with Gasteiger partial charge in [-0.25, -0.2) is 0 Å². The van der Waals surface area contributed by atoms with E-state index >= 15 is 0 Å². The van der Waals surface area contributed by atoms with Gasteiger partial charge in [0.05, 0.1) is 5.25 Å². The monoisotopic (exact) mass is 364 g/mol. The molecule has 24 heavy (non-hydrogen) atoms. The molecule has 0 radical (unpaired) electrons. The lowest BCUT2D eigenvalue weighted by Crippen LogP contribution is -2.22. The number of hydrogen-bond donors (Lipinski definition) is 2. The third kappa shape index (κ3) is 5.31. The number of anilines is 2. The van der Waals surface area contributed by atoms with E-state index in [9.17, 15) is 9.59 Å². The Kier molecular flexibility index (Phi) is 6.33. The maximum absolute atomic E-state index is 12.3. The largest absolute Gasteiger partial charge is 0.358 e. The third-order valence-corrected chi connectivity index (χ3v) is 5.06. The number of carbonyl (C=O) groups is 2. The molecule has 1 aromatic heterocycles. The van der Waals surface area contributed by atoms with E-state index in [1.54, 1.807) is 24.3 Å². The fourth-order valence-electron chi connectivity index (χ4n) is 1.80. The fourth-order valence-corrected chi connectivity index (χ4v) is 3.84. The topological polar surface area (TPSA) is 84.0 Å². The first-order valence-corrected chi connectivity index (χ1v) is 9.23. The van der Waals surface area contributed by atoms with E-state index in [4.69, 9.17) is 0 Å². The van der Waals surface area contributed by atoms with Gasteiger partial charge in [0.25, 0.3) is 0 Å². The average Bonchev–Trinajstić information content (AvgIpc) is 2.93. The van der Waals surface area contributed by atoms with Crippen molar-refractivity contribution in [3.8, 4) is 0 Å². The molecule has 0 unspecified atom stereocenters. The molecule has 6 nitrogen and oxygen atoms in total. The van der Waals surface area contributed by atoms with E-state index in [1.165, 1.54) is 30.0 Å². The molecule has 0 fully saturated rings. The quantitative estimate of drug-likeness (QED) is 0.576. The molecule has 1 atom stereocenters.